The van der Waals surface area contributed by atoms with Gasteiger partial charge >= 0.3 is 6.09 Å². The van der Waals surface area contributed by atoms with E-state index in [1.165, 1.54) is 0 Å². The number of pyridine rings is 1. The molecule has 0 aliphatic rings. The molecule has 18 heavy (non-hydrogen) atoms. The maximum absolute atomic E-state index is 11.6. The Morgan fingerprint density at radius 1 is 1.56 bits per heavy atom. The smallest absolute Gasteiger partial charge is 0.408 e. The van der Waals surface area contributed by atoms with Crippen LogP contribution < -0.4 is 5.32 Å². The zero-order chi connectivity index (χ0) is 13.6. The number of carbonyl (C=O) groups excluding carboxylic acids is 2. The van der Waals surface area contributed by atoms with Gasteiger partial charge in [0.2, 0.25) is 0 Å². The average molecular weight is 250 g/mol. The summed E-state index contributed by atoms with van der Waals surface area (Å²) in [7, 11) is 0. The second kappa shape index (κ2) is 6.14. The van der Waals surface area contributed by atoms with Crippen molar-refractivity contribution in [1.82, 2.24) is 10.3 Å². The van der Waals surface area contributed by atoms with Gasteiger partial charge in [-0.3, -0.25) is 4.98 Å². The molecule has 5 heteroatoms. The third kappa shape index (κ3) is 4.95. The fourth-order valence-corrected chi connectivity index (χ4v) is 1.41. The first-order chi connectivity index (χ1) is 8.42. The van der Waals surface area contributed by atoms with Gasteiger partial charge in [-0.1, -0.05) is 6.07 Å². The Morgan fingerprint density at radius 3 is 2.78 bits per heavy atom. The summed E-state index contributed by atoms with van der Waals surface area (Å²) in [5, 5.41) is 2.66. The monoisotopic (exact) mass is 250 g/mol. The zero-order valence-electron chi connectivity index (χ0n) is 10.8. The van der Waals surface area contributed by atoms with Gasteiger partial charge in [-0.2, -0.15) is 0 Å². The molecule has 0 radical (unpaired) electrons. The van der Waals surface area contributed by atoms with Crippen molar-refractivity contribution in [3.05, 3.63) is 30.1 Å². The van der Waals surface area contributed by atoms with E-state index in [1.54, 1.807) is 45.3 Å². The molecule has 98 valence electrons. The van der Waals surface area contributed by atoms with Crippen LogP contribution in [0.15, 0.2) is 24.5 Å². The molecule has 1 amide bonds. The quantitative estimate of drug-likeness (QED) is 0.832. The molecule has 1 heterocycles. The molecule has 0 saturated carbocycles. The first kappa shape index (κ1) is 14.2. The standard InChI is InChI=1S/C13H18N2O3/c1-13(2,3)18-12(17)15-11(6-8-16)10-5-4-7-14-9-10/h4-5,7-9,11H,6H2,1-3H3,(H,15,17)/t11-/m0/s1. The van der Waals surface area contributed by atoms with Gasteiger partial charge in [-0.15, -0.1) is 0 Å². The van der Waals surface area contributed by atoms with Crippen molar-refractivity contribution in [2.45, 2.75) is 38.8 Å². The van der Waals surface area contributed by atoms with E-state index >= 15 is 0 Å². The summed E-state index contributed by atoms with van der Waals surface area (Å²) in [6.45, 7) is 5.35. The van der Waals surface area contributed by atoms with Crippen LogP contribution in [-0.2, 0) is 9.53 Å². The maximum Gasteiger partial charge on any atom is 0.408 e. The number of hydrogen-bond donors (Lipinski definition) is 1. The summed E-state index contributed by atoms with van der Waals surface area (Å²) in [5.41, 5.74) is 0.209. The number of aldehydes is 1. The first-order valence-electron chi connectivity index (χ1n) is 5.75. The number of carbonyl (C=O) groups is 2. The normalized spacial score (nSPS) is 12.6. The van der Waals surface area contributed by atoms with Gasteiger partial charge < -0.3 is 14.8 Å². The van der Waals surface area contributed by atoms with Gasteiger partial charge in [0.25, 0.3) is 0 Å². The summed E-state index contributed by atoms with van der Waals surface area (Å²) in [6, 6.07) is 3.15. The van der Waals surface area contributed by atoms with E-state index in [-0.39, 0.29) is 6.42 Å². The van der Waals surface area contributed by atoms with Crippen molar-refractivity contribution in [1.29, 1.82) is 0 Å². The lowest BCUT2D eigenvalue weighted by atomic mass is 10.1. The lowest BCUT2D eigenvalue weighted by molar-refractivity contribution is -0.108. The average Bonchev–Trinajstić information content (AvgIpc) is 2.27. The minimum absolute atomic E-state index is 0.185. The Morgan fingerprint density at radius 2 is 2.28 bits per heavy atom. The van der Waals surface area contributed by atoms with Crippen molar-refractivity contribution in [3.63, 3.8) is 0 Å². The molecule has 0 aliphatic carbocycles. The Kier molecular flexibility index (Phi) is 4.83. The van der Waals surface area contributed by atoms with Crippen LogP contribution in [0.1, 0.15) is 38.8 Å². The molecule has 0 unspecified atom stereocenters. The number of amides is 1. The second-order valence-corrected chi connectivity index (χ2v) is 4.89. The van der Waals surface area contributed by atoms with Crippen LogP contribution in [0.2, 0.25) is 0 Å². The minimum atomic E-state index is -0.565. The van der Waals surface area contributed by atoms with Gasteiger partial charge in [-0.25, -0.2) is 4.79 Å². The number of nitrogens with zero attached hydrogens (tertiary/aromatic N) is 1. The first-order valence-corrected chi connectivity index (χ1v) is 5.75. The van der Waals surface area contributed by atoms with Crippen molar-refractivity contribution in [2.75, 3.05) is 0 Å². The number of nitrogens with one attached hydrogen (secondary N) is 1. The molecule has 5 nitrogen and oxygen atoms in total. The SMILES string of the molecule is CC(C)(C)OC(=O)N[C@@H](CC=O)c1cccnc1. The number of ether oxygens (including phenoxy) is 1. The lowest BCUT2D eigenvalue weighted by Crippen LogP contribution is -2.35. The molecule has 0 spiro atoms. The molecule has 1 atom stereocenters. The predicted molar refractivity (Wildman–Crippen MR) is 67.0 cm³/mol. The van der Waals surface area contributed by atoms with E-state index in [9.17, 15) is 9.59 Å². The highest BCUT2D eigenvalue weighted by molar-refractivity contribution is 5.69. The van der Waals surface area contributed by atoms with Gasteiger partial charge in [0.1, 0.15) is 11.9 Å². The Labute approximate surface area is 107 Å². The Balaban J connectivity index is 2.70. The summed E-state index contributed by atoms with van der Waals surface area (Å²) in [4.78, 5) is 26.3. The van der Waals surface area contributed by atoms with E-state index in [0.717, 1.165) is 11.8 Å². The summed E-state index contributed by atoms with van der Waals surface area (Å²) in [5.74, 6) is 0. The van der Waals surface area contributed by atoms with Crippen LogP contribution >= 0.6 is 0 Å². The highest BCUT2D eigenvalue weighted by Crippen LogP contribution is 2.15. The molecule has 0 saturated heterocycles. The Hall–Kier alpha value is -1.91. The fourth-order valence-electron chi connectivity index (χ4n) is 1.41. The number of hydrogen-bond acceptors (Lipinski definition) is 4. The van der Waals surface area contributed by atoms with Crippen molar-refractivity contribution >= 4 is 12.4 Å². The van der Waals surface area contributed by atoms with Gasteiger partial charge in [0.15, 0.2) is 0 Å². The summed E-state index contributed by atoms with van der Waals surface area (Å²) in [6.07, 6.45) is 3.65. The van der Waals surface area contributed by atoms with Crippen LogP contribution in [0, 0.1) is 0 Å². The molecule has 0 fully saturated rings. The van der Waals surface area contributed by atoms with Crippen LogP contribution in [0.3, 0.4) is 0 Å². The molecule has 0 bridgehead atoms. The Bertz CT molecular complexity index is 398. The van der Waals surface area contributed by atoms with E-state index in [2.05, 4.69) is 10.3 Å². The fraction of sp³-hybridized carbons (Fsp3) is 0.462. The van der Waals surface area contributed by atoms with Gasteiger partial charge in [-0.05, 0) is 32.4 Å². The highest BCUT2D eigenvalue weighted by atomic mass is 16.6. The highest BCUT2D eigenvalue weighted by Gasteiger charge is 2.20. The molecule has 1 rings (SSSR count). The van der Waals surface area contributed by atoms with Crippen LogP contribution in [0.4, 0.5) is 4.79 Å². The minimum Gasteiger partial charge on any atom is -0.444 e. The largest absolute Gasteiger partial charge is 0.444 e. The third-order valence-corrected chi connectivity index (χ3v) is 2.11. The summed E-state index contributed by atoms with van der Waals surface area (Å²) >= 11 is 0. The second-order valence-electron chi connectivity index (χ2n) is 4.89. The predicted octanol–water partition coefficient (Wildman–Crippen LogP) is 2.24. The van der Waals surface area contributed by atoms with Crippen LogP contribution in [0.25, 0.3) is 0 Å². The topological polar surface area (TPSA) is 68.3 Å². The van der Waals surface area contributed by atoms with Crippen molar-refractivity contribution in [3.8, 4) is 0 Å². The lowest BCUT2D eigenvalue weighted by Gasteiger charge is -2.22. The maximum atomic E-state index is 11.6. The number of alkyl carbamates (subject to hydrolysis) is 1. The van der Waals surface area contributed by atoms with E-state index in [4.69, 9.17) is 4.74 Å². The van der Waals surface area contributed by atoms with E-state index < -0.39 is 17.7 Å². The van der Waals surface area contributed by atoms with E-state index in [0.29, 0.717) is 0 Å². The molecule has 1 aromatic rings. The number of aromatic nitrogens is 1. The molecule has 0 aliphatic heterocycles. The van der Waals surface area contributed by atoms with Crippen molar-refractivity contribution < 1.29 is 14.3 Å². The molecule has 1 aromatic heterocycles. The molecule has 0 aromatic carbocycles. The van der Waals surface area contributed by atoms with Crippen LogP contribution in [0.5, 0.6) is 0 Å². The number of rotatable bonds is 4. The summed E-state index contributed by atoms with van der Waals surface area (Å²) < 4.78 is 5.15. The van der Waals surface area contributed by atoms with Crippen LogP contribution in [-0.4, -0.2) is 23.0 Å². The van der Waals surface area contributed by atoms with Gasteiger partial charge in [0.05, 0.1) is 6.04 Å². The molecular weight excluding hydrogens is 232 g/mol. The molecule has 1 N–H and O–H groups in total. The molecular formula is C13H18N2O3. The van der Waals surface area contributed by atoms with Crippen molar-refractivity contribution in [2.24, 2.45) is 0 Å². The third-order valence-electron chi connectivity index (χ3n) is 2.11. The zero-order valence-corrected chi connectivity index (χ0v) is 10.8. The van der Waals surface area contributed by atoms with Gasteiger partial charge in [0, 0.05) is 18.8 Å². The van der Waals surface area contributed by atoms with E-state index in [1.807, 2.05) is 0 Å².